The molecular weight excluding hydrogens is 310 g/mol. The predicted molar refractivity (Wildman–Crippen MR) is 82.9 cm³/mol. The second kappa shape index (κ2) is 4.82. The third-order valence-corrected chi connectivity index (χ3v) is 5.02. The van der Waals surface area contributed by atoms with Crippen LogP contribution in [-0.2, 0) is 10.0 Å². The van der Waals surface area contributed by atoms with Crippen LogP contribution in [0.1, 0.15) is 12.5 Å². The number of hydrogen-bond acceptors (Lipinski definition) is 4. The van der Waals surface area contributed by atoms with E-state index in [1.165, 1.54) is 6.07 Å². The Hall–Kier alpha value is -1.92. The minimum Gasteiger partial charge on any atom is -0.281 e. The van der Waals surface area contributed by atoms with Gasteiger partial charge in [0.1, 0.15) is 10.7 Å². The van der Waals surface area contributed by atoms with Crippen LogP contribution in [-0.4, -0.2) is 19.2 Å². The van der Waals surface area contributed by atoms with Crippen LogP contribution >= 0.6 is 11.6 Å². The van der Waals surface area contributed by atoms with E-state index >= 15 is 0 Å². The summed E-state index contributed by atoms with van der Waals surface area (Å²) in [5, 5.41) is 0.652. The monoisotopic (exact) mass is 321 g/mol. The summed E-state index contributed by atoms with van der Waals surface area (Å²) in [5.74, 6) is 0.703. The molecule has 1 aromatic heterocycles. The van der Waals surface area contributed by atoms with E-state index < -0.39 is 10.0 Å². The molecule has 0 saturated carbocycles. The molecule has 1 aliphatic heterocycles. The van der Waals surface area contributed by atoms with E-state index in [1.807, 2.05) is 19.1 Å². The number of halogens is 1. The van der Waals surface area contributed by atoms with Crippen molar-refractivity contribution in [2.75, 3.05) is 4.90 Å². The van der Waals surface area contributed by atoms with Gasteiger partial charge in [0.2, 0.25) is 0 Å². The Kier molecular flexibility index (Phi) is 3.22. The number of hydrogen-bond donors (Lipinski definition) is 0. The zero-order valence-corrected chi connectivity index (χ0v) is 13.0. The first-order valence-electron chi connectivity index (χ1n) is 6.23. The lowest BCUT2D eigenvalue weighted by Gasteiger charge is -2.28. The number of amidine groups is 1. The lowest BCUT2D eigenvalue weighted by Crippen LogP contribution is -2.30. The van der Waals surface area contributed by atoms with Crippen LogP contribution in [0.2, 0.25) is 5.02 Å². The Morgan fingerprint density at radius 3 is 2.67 bits per heavy atom. The van der Waals surface area contributed by atoms with Gasteiger partial charge in [0.15, 0.2) is 5.82 Å². The molecule has 0 amide bonds. The molecule has 0 bridgehead atoms. The van der Waals surface area contributed by atoms with E-state index in [0.717, 1.165) is 11.3 Å². The van der Waals surface area contributed by atoms with Crippen LogP contribution in [0, 0.1) is 6.92 Å². The fourth-order valence-electron chi connectivity index (χ4n) is 2.25. The molecule has 2 aromatic rings. The van der Waals surface area contributed by atoms with Crippen molar-refractivity contribution in [2.24, 2.45) is 4.40 Å². The van der Waals surface area contributed by atoms with Crippen LogP contribution < -0.4 is 4.90 Å². The minimum atomic E-state index is -3.69. The highest BCUT2D eigenvalue weighted by atomic mass is 35.5. The Morgan fingerprint density at radius 1 is 1.19 bits per heavy atom. The van der Waals surface area contributed by atoms with Gasteiger partial charge in [0.05, 0.1) is 0 Å². The molecule has 0 unspecified atom stereocenters. The molecule has 0 N–H and O–H groups in total. The Morgan fingerprint density at radius 2 is 1.95 bits per heavy atom. The predicted octanol–water partition coefficient (Wildman–Crippen LogP) is 3.30. The number of aryl methyl sites for hydroxylation is 1. The molecule has 2 heterocycles. The lowest BCUT2D eigenvalue weighted by molar-refractivity contribution is 0.597. The van der Waals surface area contributed by atoms with Crippen molar-refractivity contribution in [3.63, 3.8) is 0 Å². The van der Waals surface area contributed by atoms with Crippen LogP contribution in [0.25, 0.3) is 0 Å². The van der Waals surface area contributed by atoms with Crippen LogP contribution in [0.15, 0.2) is 45.8 Å². The largest absolute Gasteiger partial charge is 0.287 e. The van der Waals surface area contributed by atoms with Gasteiger partial charge in [-0.3, -0.25) is 4.90 Å². The molecule has 5 nitrogen and oxygen atoms in total. The maximum Gasteiger partial charge on any atom is 0.287 e. The standard InChI is InChI=1S/C14H12ClN3O2S/c1-9-8-11(5-6-12(9)15)18-10(2)17-21(19,20)13-4-3-7-16-14(13)18/h3-8H,1-2H3. The van der Waals surface area contributed by atoms with E-state index in [4.69, 9.17) is 11.6 Å². The summed E-state index contributed by atoms with van der Waals surface area (Å²) in [6, 6.07) is 8.54. The minimum absolute atomic E-state index is 0.100. The number of sulfonamides is 1. The number of anilines is 2. The average Bonchev–Trinajstić information content (AvgIpc) is 2.42. The van der Waals surface area contributed by atoms with Crippen LogP contribution in [0.5, 0.6) is 0 Å². The number of nitrogens with zero attached hydrogens (tertiary/aromatic N) is 3. The molecule has 0 saturated heterocycles. The highest BCUT2D eigenvalue weighted by Crippen LogP contribution is 2.35. The first kappa shape index (κ1) is 14.0. The van der Waals surface area contributed by atoms with Crippen molar-refractivity contribution in [1.29, 1.82) is 0 Å². The van der Waals surface area contributed by atoms with Crippen molar-refractivity contribution in [1.82, 2.24) is 4.98 Å². The van der Waals surface area contributed by atoms with E-state index in [9.17, 15) is 8.42 Å². The van der Waals surface area contributed by atoms with Gasteiger partial charge in [-0.15, -0.1) is 4.40 Å². The average molecular weight is 322 g/mol. The Bertz CT molecular complexity index is 862. The number of rotatable bonds is 1. The fraction of sp³-hybridized carbons (Fsp3) is 0.143. The summed E-state index contributed by atoms with van der Waals surface area (Å²) in [6.45, 7) is 3.53. The zero-order chi connectivity index (χ0) is 15.2. The maximum atomic E-state index is 12.1. The molecule has 108 valence electrons. The molecule has 1 aromatic carbocycles. The van der Waals surface area contributed by atoms with Gasteiger partial charge < -0.3 is 0 Å². The van der Waals surface area contributed by atoms with E-state index in [2.05, 4.69) is 9.38 Å². The van der Waals surface area contributed by atoms with Gasteiger partial charge >= 0.3 is 0 Å². The third-order valence-electron chi connectivity index (χ3n) is 3.22. The SMILES string of the molecule is CC1=NS(=O)(=O)c2cccnc2N1c1ccc(Cl)c(C)c1. The molecule has 0 aliphatic carbocycles. The highest BCUT2D eigenvalue weighted by Gasteiger charge is 2.30. The van der Waals surface area contributed by atoms with E-state index in [1.54, 1.807) is 30.2 Å². The molecule has 0 radical (unpaired) electrons. The van der Waals surface area contributed by atoms with Crippen molar-refractivity contribution < 1.29 is 8.42 Å². The molecule has 0 atom stereocenters. The Labute approximate surface area is 128 Å². The van der Waals surface area contributed by atoms with Gasteiger partial charge in [0.25, 0.3) is 10.0 Å². The number of fused-ring (bicyclic) bond motifs is 1. The van der Waals surface area contributed by atoms with E-state index in [0.29, 0.717) is 16.7 Å². The number of benzene rings is 1. The molecule has 7 heteroatoms. The van der Waals surface area contributed by atoms with E-state index in [-0.39, 0.29) is 4.90 Å². The lowest BCUT2D eigenvalue weighted by atomic mass is 10.2. The summed E-state index contributed by atoms with van der Waals surface area (Å²) >= 11 is 6.04. The van der Waals surface area contributed by atoms with Crippen LogP contribution in [0.4, 0.5) is 11.5 Å². The van der Waals surface area contributed by atoms with Crippen molar-refractivity contribution in [3.8, 4) is 0 Å². The van der Waals surface area contributed by atoms with Crippen molar-refractivity contribution in [3.05, 3.63) is 47.1 Å². The van der Waals surface area contributed by atoms with Gasteiger partial charge in [-0.2, -0.15) is 8.42 Å². The zero-order valence-electron chi connectivity index (χ0n) is 11.4. The summed E-state index contributed by atoms with van der Waals surface area (Å²) in [5.41, 5.74) is 1.67. The first-order chi connectivity index (χ1) is 9.90. The van der Waals surface area contributed by atoms with Crippen molar-refractivity contribution in [2.45, 2.75) is 18.7 Å². The maximum absolute atomic E-state index is 12.1. The van der Waals surface area contributed by atoms with Gasteiger partial charge in [-0.05, 0) is 49.7 Å². The highest BCUT2D eigenvalue weighted by molar-refractivity contribution is 7.90. The number of aromatic nitrogens is 1. The topological polar surface area (TPSA) is 62.6 Å². The molecule has 21 heavy (non-hydrogen) atoms. The molecule has 1 aliphatic rings. The number of pyridine rings is 1. The molecule has 0 fully saturated rings. The summed E-state index contributed by atoms with van der Waals surface area (Å²) in [6.07, 6.45) is 1.56. The normalized spacial score (nSPS) is 16.3. The Balaban J connectivity index is 2.25. The summed E-state index contributed by atoms with van der Waals surface area (Å²) in [7, 11) is -3.69. The van der Waals surface area contributed by atoms with Gasteiger partial charge in [-0.1, -0.05) is 11.6 Å². The summed E-state index contributed by atoms with van der Waals surface area (Å²) < 4.78 is 28.0. The van der Waals surface area contributed by atoms with Crippen LogP contribution in [0.3, 0.4) is 0 Å². The smallest absolute Gasteiger partial charge is 0.281 e. The molecular formula is C14H12ClN3O2S. The summed E-state index contributed by atoms with van der Waals surface area (Å²) in [4.78, 5) is 6.02. The second-order valence-electron chi connectivity index (χ2n) is 4.71. The molecule has 0 spiro atoms. The van der Waals surface area contributed by atoms with Gasteiger partial charge in [-0.25, -0.2) is 4.98 Å². The third kappa shape index (κ3) is 2.30. The molecule has 3 rings (SSSR count). The second-order valence-corrected chi connectivity index (χ2v) is 6.69. The quantitative estimate of drug-likeness (QED) is 0.808. The van der Waals surface area contributed by atoms with Crippen molar-refractivity contribution >= 4 is 39.0 Å². The van der Waals surface area contributed by atoms with Gasteiger partial charge in [0, 0.05) is 16.9 Å². The first-order valence-corrected chi connectivity index (χ1v) is 8.05. The fourth-order valence-corrected chi connectivity index (χ4v) is 3.52.